The Balaban J connectivity index is 2.29. The molecule has 4 heteroatoms. The van der Waals surface area contributed by atoms with Gasteiger partial charge in [0, 0.05) is 10.3 Å². The van der Waals surface area contributed by atoms with E-state index in [2.05, 4.69) is 19.6 Å². The number of esters is 1. The van der Waals surface area contributed by atoms with E-state index < -0.39 is 0 Å². The summed E-state index contributed by atoms with van der Waals surface area (Å²) in [6.45, 7) is 2.64. The second-order valence-corrected chi connectivity index (χ2v) is 4.44. The predicted molar refractivity (Wildman–Crippen MR) is 61.4 cm³/mol. The van der Waals surface area contributed by atoms with E-state index in [1.165, 1.54) is 11.3 Å². The highest BCUT2D eigenvalue weighted by molar-refractivity contribution is 7.80. The molecule has 2 nitrogen and oxygen atoms in total. The smallest absolute Gasteiger partial charge is 0.348 e. The molecule has 0 amide bonds. The molecule has 78 valence electrons. The first kappa shape index (κ1) is 11.6. The van der Waals surface area contributed by atoms with Crippen LogP contribution in [0.5, 0.6) is 0 Å². The zero-order chi connectivity index (χ0) is 10.4. The summed E-state index contributed by atoms with van der Waals surface area (Å²) in [5.41, 5.74) is 0. The second kappa shape index (κ2) is 6.09. The van der Waals surface area contributed by atoms with Crippen molar-refractivity contribution in [2.24, 2.45) is 0 Å². The van der Waals surface area contributed by atoms with Gasteiger partial charge in [-0.05, 0) is 12.5 Å². The Kier molecular flexibility index (Phi) is 5.04. The van der Waals surface area contributed by atoms with Crippen LogP contribution in [0.4, 0.5) is 0 Å². The molecule has 0 spiro atoms. The van der Waals surface area contributed by atoms with Crippen molar-refractivity contribution in [3.05, 3.63) is 16.3 Å². The minimum Gasteiger partial charge on any atom is -0.462 e. The van der Waals surface area contributed by atoms with Gasteiger partial charge >= 0.3 is 5.97 Å². The molecule has 1 aromatic heterocycles. The lowest BCUT2D eigenvalue weighted by Crippen LogP contribution is -2.04. The highest BCUT2D eigenvalue weighted by atomic mass is 32.1. The van der Waals surface area contributed by atoms with E-state index in [-0.39, 0.29) is 5.97 Å². The summed E-state index contributed by atoms with van der Waals surface area (Å²) in [5, 5.41) is 1.83. The number of rotatable bonds is 5. The van der Waals surface area contributed by atoms with E-state index in [0.717, 1.165) is 24.2 Å². The first-order chi connectivity index (χ1) is 6.74. The van der Waals surface area contributed by atoms with Crippen molar-refractivity contribution in [3.8, 4) is 0 Å². The molecule has 1 aromatic rings. The van der Waals surface area contributed by atoms with Crippen LogP contribution in [0.25, 0.3) is 0 Å². The summed E-state index contributed by atoms with van der Waals surface area (Å²) in [4.78, 5) is 12.8. The van der Waals surface area contributed by atoms with Crippen molar-refractivity contribution in [2.75, 3.05) is 6.61 Å². The fourth-order valence-corrected chi connectivity index (χ4v) is 2.06. The molecule has 0 aliphatic heterocycles. The molecule has 0 aliphatic rings. The molecule has 0 radical (unpaired) electrons. The van der Waals surface area contributed by atoms with Gasteiger partial charge in [-0.2, -0.15) is 0 Å². The lowest BCUT2D eigenvalue weighted by Gasteiger charge is -2.01. The van der Waals surface area contributed by atoms with Crippen LogP contribution in [0.2, 0.25) is 0 Å². The van der Waals surface area contributed by atoms with Crippen LogP contribution in [0.3, 0.4) is 0 Å². The molecule has 0 saturated carbocycles. The summed E-state index contributed by atoms with van der Waals surface area (Å²) in [7, 11) is 0. The number of hydrogen-bond acceptors (Lipinski definition) is 4. The summed E-state index contributed by atoms with van der Waals surface area (Å²) < 4.78 is 5.08. The highest BCUT2D eigenvalue weighted by Gasteiger charge is 2.08. The Morgan fingerprint density at radius 1 is 1.57 bits per heavy atom. The van der Waals surface area contributed by atoms with Gasteiger partial charge in [-0.1, -0.05) is 19.8 Å². The number of thiophene rings is 1. The fraction of sp³-hybridized carbons (Fsp3) is 0.500. The minimum absolute atomic E-state index is 0.230. The van der Waals surface area contributed by atoms with Crippen molar-refractivity contribution in [1.29, 1.82) is 0 Å². The number of hydrogen-bond donors (Lipinski definition) is 1. The molecule has 1 rings (SSSR count). The molecule has 0 bridgehead atoms. The SMILES string of the molecule is CCCCCOC(=O)c1cc(S)cs1. The molecular formula is C10H14O2S2. The van der Waals surface area contributed by atoms with Crippen LogP contribution in [0.1, 0.15) is 35.9 Å². The monoisotopic (exact) mass is 230 g/mol. The van der Waals surface area contributed by atoms with Crippen LogP contribution in [-0.4, -0.2) is 12.6 Å². The van der Waals surface area contributed by atoms with Crippen LogP contribution in [-0.2, 0) is 4.74 Å². The van der Waals surface area contributed by atoms with Gasteiger partial charge in [-0.25, -0.2) is 4.79 Å². The number of carbonyl (C=O) groups excluding carboxylic acids is 1. The van der Waals surface area contributed by atoms with E-state index in [4.69, 9.17) is 4.74 Å². The third kappa shape index (κ3) is 3.72. The molecule has 0 aliphatic carbocycles. The molecule has 14 heavy (non-hydrogen) atoms. The minimum atomic E-state index is -0.230. The van der Waals surface area contributed by atoms with Gasteiger partial charge in [0.25, 0.3) is 0 Å². The third-order valence-electron chi connectivity index (χ3n) is 1.77. The number of ether oxygens (including phenoxy) is 1. The van der Waals surface area contributed by atoms with Gasteiger partial charge in [0.05, 0.1) is 6.61 Å². The van der Waals surface area contributed by atoms with Gasteiger partial charge in [-0.15, -0.1) is 24.0 Å². The fourth-order valence-electron chi connectivity index (χ4n) is 1.02. The van der Waals surface area contributed by atoms with Crippen molar-refractivity contribution in [3.63, 3.8) is 0 Å². The molecule has 0 unspecified atom stereocenters. The predicted octanol–water partition coefficient (Wildman–Crippen LogP) is 3.38. The van der Waals surface area contributed by atoms with Gasteiger partial charge in [0.2, 0.25) is 0 Å². The molecule has 0 atom stereocenters. The molecular weight excluding hydrogens is 216 g/mol. The Morgan fingerprint density at radius 2 is 2.36 bits per heavy atom. The van der Waals surface area contributed by atoms with E-state index in [1.54, 1.807) is 6.07 Å². The van der Waals surface area contributed by atoms with Gasteiger partial charge in [0.1, 0.15) is 4.88 Å². The molecule has 0 aromatic carbocycles. The first-order valence-corrected chi connectivity index (χ1v) is 6.01. The van der Waals surface area contributed by atoms with Crippen molar-refractivity contribution in [1.82, 2.24) is 0 Å². The van der Waals surface area contributed by atoms with Crippen LogP contribution in [0, 0.1) is 0 Å². The standard InChI is InChI=1S/C10H14O2S2/c1-2-3-4-5-12-10(11)9-6-8(13)7-14-9/h6-7,13H,2-5H2,1H3. The Morgan fingerprint density at radius 3 is 2.93 bits per heavy atom. The summed E-state index contributed by atoms with van der Waals surface area (Å²) >= 11 is 5.50. The van der Waals surface area contributed by atoms with Crippen LogP contribution >= 0.6 is 24.0 Å². The average Bonchev–Trinajstić information content (AvgIpc) is 2.59. The van der Waals surface area contributed by atoms with Gasteiger partial charge in [-0.3, -0.25) is 0 Å². The first-order valence-electron chi connectivity index (χ1n) is 4.68. The van der Waals surface area contributed by atoms with E-state index >= 15 is 0 Å². The maximum Gasteiger partial charge on any atom is 0.348 e. The third-order valence-corrected chi connectivity index (χ3v) is 3.11. The Labute approximate surface area is 93.7 Å². The topological polar surface area (TPSA) is 26.3 Å². The number of thiol groups is 1. The van der Waals surface area contributed by atoms with Crippen molar-refractivity contribution >= 4 is 29.9 Å². The Bertz CT molecular complexity index is 294. The van der Waals surface area contributed by atoms with Crippen molar-refractivity contribution < 1.29 is 9.53 Å². The largest absolute Gasteiger partial charge is 0.462 e. The maximum absolute atomic E-state index is 11.4. The van der Waals surface area contributed by atoms with E-state index in [1.807, 2.05) is 5.38 Å². The zero-order valence-corrected chi connectivity index (χ0v) is 9.87. The lowest BCUT2D eigenvalue weighted by molar-refractivity contribution is 0.0504. The molecule has 1 heterocycles. The van der Waals surface area contributed by atoms with E-state index in [9.17, 15) is 4.79 Å². The normalized spacial score (nSPS) is 10.1. The molecule has 0 fully saturated rings. The summed E-state index contributed by atoms with van der Waals surface area (Å²) in [5.74, 6) is -0.230. The number of unbranched alkanes of at least 4 members (excludes halogenated alkanes) is 2. The average molecular weight is 230 g/mol. The van der Waals surface area contributed by atoms with Crippen LogP contribution < -0.4 is 0 Å². The lowest BCUT2D eigenvalue weighted by atomic mass is 10.3. The summed E-state index contributed by atoms with van der Waals surface area (Å²) in [6.07, 6.45) is 3.19. The van der Waals surface area contributed by atoms with Crippen molar-refractivity contribution in [2.45, 2.75) is 31.1 Å². The van der Waals surface area contributed by atoms with Gasteiger partial charge < -0.3 is 4.74 Å². The van der Waals surface area contributed by atoms with E-state index in [0.29, 0.717) is 11.5 Å². The second-order valence-electron chi connectivity index (χ2n) is 3.01. The molecule has 0 N–H and O–H groups in total. The summed E-state index contributed by atoms with van der Waals surface area (Å²) in [6, 6.07) is 1.73. The number of carbonyl (C=O) groups is 1. The highest BCUT2D eigenvalue weighted by Crippen LogP contribution is 2.18. The van der Waals surface area contributed by atoms with Crippen LogP contribution in [0.15, 0.2) is 16.3 Å². The quantitative estimate of drug-likeness (QED) is 0.477. The van der Waals surface area contributed by atoms with Gasteiger partial charge in [0.15, 0.2) is 0 Å². The Hall–Kier alpha value is -0.480. The maximum atomic E-state index is 11.4. The molecule has 0 saturated heterocycles. The zero-order valence-electron chi connectivity index (χ0n) is 8.16.